The first-order chi connectivity index (χ1) is 13.7. The highest BCUT2D eigenvalue weighted by molar-refractivity contribution is 6.30. The van der Waals surface area contributed by atoms with E-state index in [2.05, 4.69) is 5.32 Å². The number of benzene rings is 1. The van der Waals surface area contributed by atoms with E-state index in [1.807, 2.05) is 4.90 Å². The van der Waals surface area contributed by atoms with E-state index in [4.69, 9.17) is 11.6 Å². The molecule has 9 heteroatoms. The Morgan fingerprint density at radius 1 is 1.14 bits per heavy atom. The maximum absolute atomic E-state index is 13.0. The molecule has 0 spiro atoms. The number of hydrogen-bond donors (Lipinski definition) is 1. The van der Waals surface area contributed by atoms with Gasteiger partial charge in [-0.05, 0) is 62.9 Å². The summed E-state index contributed by atoms with van der Waals surface area (Å²) in [4.78, 5) is 27.4. The van der Waals surface area contributed by atoms with Crippen LogP contribution in [0.15, 0.2) is 24.3 Å². The lowest BCUT2D eigenvalue weighted by Gasteiger charge is -2.34. The van der Waals surface area contributed by atoms with Crippen LogP contribution in [0.2, 0.25) is 5.02 Å². The lowest BCUT2D eigenvalue weighted by atomic mass is 9.96. The quantitative estimate of drug-likeness (QED) is 0.778. The van der Waals surface area contributed by atoms with Crippen molar-refractivity contribution < 1.29 is 22.8 Å². The summed E-state index contributed by atoms with van der Waals surface area (Å²) in [6, 6.07) is 5.08. The van der Waals surface area contributed by atoms with Gasteiger partial charge in [0.15, 0.2) is 0 Å². The molecule has 0 saturated carbocycles. The van der Waals surface area contributed by atoms with Crippen LogP contribution in [0.25, 0.3) is 0 Å². The van der Waals surface area contributed by atoms with Crippen LogP contribution in [-0.4, -0.2) is 66.6 Å². The van der Waals surface area contributed by atoms with Crippen molar-refractivity contribution in [2.45, 2.75) is 37.9 Å². The molecule has 1 atom stereocenters. The number of amides is 2. The minimum absolute atomic E-state index is 0.0103. The molecule has 0 radical (unpaired) electrons. The van der Waals surface area contributed by atoms with Gasteiger partial charge in [0.25, 0.3) is 5.91 Å². The van der Waals surface area contributed by atoms with Crippen molar-refractivity contribution in [1.82, 2.24) is 15.1 Å². The Morgan fingerprint density at radius 3 is 2.52 bits per heavy atom. The lowest BCUT2D eigenvalue weighted by Crippen LogP contribution is -2.49. The van der Waals surface area contributed by atoms with Crippen molar-refractivity contribution in [3.05, 3.63) is 34.9 Å². The van der Waals surface area contributed by atoms with Crippen molar-refractivity contribution >= 4 is 23.4 Å². The molecule has 0 bridgehead atoms. The Hall–Kier alpha value is -1.80. The van der Waals surface area contributed by atoms with Crippen molar-refractivity contribution in [2.24, 2.45) is 5.92 Å². The normalized spacial score (nSPS) is 21.4. The predicted octanol–water partition coefficient (Wildman–Crippen LogP) is 3.34. The minimum Gasteiger partial charge on any atom is -0.352 e. The summed E-state index contributed by atoms with van der Waals surface area (Å²) < 4.78 is 39.1. The molecule has 1 N–H and O–H groups in total. The van der Waals surface area contributed by atoms with E-state index in [0.717, 1.165) is 17.7 Å². The summed E-state index contributed by atoms with van der Waals surface area (Å²) in [5.41, 5.74) is 0.505. The number of hydrogen-bond acceptors (Lipinski definition) is 3. The van der Waals surface area contributed by atoms with Gasteiger partial charge < -0.3 is 10.2 Å². The number of nitrogens with zero attached hydrogens (tertiary/aromatic N) is 2. The summed E-state index contributed by atoms with van der Waals surface area (Å²) in [5.74, 6) is -0.353. The molecule has 2 fully saturated rings. The number of carbonyl (C=O) groups is 2. The Morgan fingerprint density at radius 2 is 1.86 bits per heavy atom. The second-order valence-corrected chi connectivity index (χ2v) is 8.16. The largest absolute Gasteiger partial charge is 0.408 e. The fourth-order valence-electron chi connectivity index (χ4n) is 4.01. The zero-order valence-electron chi connectivity index (χ0n) is 16.1. The summed E-state index contributed by atoms with van der Waals surface area (Å²) in [6.07, 6.45) is -2.41. The molecule has 2 aliphatic heterocycles. The fraction of sp³-hybridized carbons (Fsp3) is 0.600. The molecule has 1 aromatic carbocycles. The standard InChI is InChI=1S/C20H25ClF3N3O2/c21-16-4-1-3-15(11-16)19(29)25-12-14-6-9-26(10-7-14)13-18(28)27-8-2-5-17(27)20(22,23)24/h1,3-4,11,14,17H,2,5-10,12-13H2,(H,25,29)/t17-/m1/s1. The molecule has 5 nitrogen and oxygen atoms in total. The van der Waals surface area contributed by atoms with Gasteiger partial charge >= 0.3 is 6.18 Å². The van der Waals surface area contributed by atoms with Gasteiger partial charge in [0.1, 0.15) is 6.04 Å². The molecule has 2 heterocycles. The maximum atomic E-state index is 13.0. The highest BCUT2D eigenvalue weighted by atomic mass is 35.5. The van der Waals surface area contributed by atoms with E-state index in [9.17, 15) is 22.8 Å². The number of piperidine rings is 1. The van der Waals surface area contributed by atoms with Crippen LogP contribution in [0.3, 0.4) is 0 Å². The zero-order chi connectivity index (χ0) is 21.0. The third-order valence-corrected chi connectivity index (χ3v) is 5.89. The molecule has 0 aliphatic carbocycles. The summed E-state index contributed by atoms with van der Waals surface area (Å²) in [6.45, 7) is 1.99. The van der Waals surface area contributed by atoms with E-state index in [1.165, 1.54) is 0 Å². The SMILES string of the molecule is O=C(NCC1CCN(CC(=O)N2CCC[C@@H]2C(F)(F)F)CC1)c1cccc(Cl)c1. The van der Waals surface area contributed by atoms with E-state index in [0.29, 0.717) is 36.6 Å². The molecular weight excluding hydrogens is 407 g/mol. The van der Waals surface area contributed by atoms with Crippen LogP contribution in [0.5, 0.6) is 0 Å². The van der Waals surface area contributed by atoms with Crippen molar-refractivity contribution in [1.29, 1.82) is 0 Å². The number of rotatable bonds is 5. The van der Waals surface area contributed by atoms with Gasteiger partial charge in [-0.1, -0.05) is 17.7 Å². The average Bonchev–Trinajstić information content (AvgIpc) is 3.18. The molecule has 1 aromatic rings. The van der Waals surface area contributed by atoms with E-state index >= 15 is 0 Å². The van der Waals surface area contributed by atoms with Crippen LogP contribution >= 0.6 is 11.6 Å². The van der Waals surface area contributed by atoms with Crippen LogP contribution < -0.4 is 5.32 Å². The Labute approximate surface area is 173 Å². The van der Waals surface area contributed by atoms with E-state index in [-0.39, 0.29) is 31.3 Å². The van der Waals surface area contributed by atoms with Crippen molar-refractivity contribution in [2.75, 3.05) is 32.7 Å². The van der Waals surface area contributed by atoms with Crippen molar-refractivity contribution in [3.63, 3.8) is 0 Å². The molecule has 2 aliphatic rings. The Kier molecular flexibility index (Phi) is 7.05. The van der Waals surface area contributed by atoms with Gasteiger partial charge in [0.05, 0.1) is 6.54 Å². The topological polar surface area (TPSA) is 52.7 Å². The number of halogens is 4. The molecule has 160 valence electrons. The Bertz CT molecular complexity index is 736. The van der Waals surface area contributed by atoms with Gasteiger partial charge in [-0.3, -0.25) is 14.5 Å². The molecular formula is C20H25ClF3N3O2. The summed E-state index contributed by atoms with van der Waals surface area (Å²) >= 11 is 5.90. The van der Waals surface area contributed by atoms with E-state index < -0.39 is 18.1 Å². The summed E-state index contributed by atoms with van der Waals surface area (Å²) in [5, 5.41) is 3.40. The summed E-state index contributed by atoms with van der Waals surface area (Å²) in [7, 11) is 0. The monoisotopic (exact) mass is 431 g/mol. The van der Waals surface area contributed by atoms with Gasteiger partial charge in [-0.2, -0.15) is 13.2 Å². The predicted molar refractivity (Wildman–Crippen MR) is 104 cm³/mol. The smallest absolute Gasteiger partial charge is 0.352 e. The molecule has 29 heavy (non-hydrogen) atoms. The molecule has 0 unspecified atom stereocenters. The highest BCUT2D eigenvalue weighted by Gasteiger charge is 2.47. The molecule has 3 rings (SSSR count). The van der Waals surface area contributed by atoms with Crippen LogP contribution in [0.4, 0.5) is 13.2 Å². The third kappa shape index (κ3) is 5.85. The van der Waals surface area contributed by atoms with Gasteiger partial charge in [0.2, 0.25) is 5.91 Å². The second kappa shape index (κ2) is 9.34. The number of carbonyl (C=O) groups excluding carboxylic acids is 2. The van der Waals surface area contributed by atoms with Crippen LogP contribution in [0.1, 0.15) is 36.0 Å². The van der Waals surface area contributed by atoms with Gasteiger partial charge in [0, 0.05) is 23.7 Å². The van der Waals surface area contributed by atoms with Crippen LogP contribution in [-0.2, 0) is 4.79 Å². The van der Waals surface area contributed by atoms with Gasteiger partial charge in [-0.15, -0.1) is 0 Å². The first kappa shape index (κ1) is 21.9. The van der Waals surface area contributed by atoms with E-state index in [1.54, 1.807) is 24.3 Å². The third-order valence-electron chi connectivity index (χ3n) is 5.66. The maximum Gasteiger partial charge on any atom is 0.408 e. The first-order valence-corrected chi connectivity index (χ1v) is 10.2. The molecule has 0 aromatic heterocycles. The number of likely N-dealkylation sites (tertiary alicyclic amines) is 2. The molecule has 2 saturated heterocycles. The second-order valence-electron chi connectivity index (χ2n) is 7.73. The highest BCUT2D eigenvalue weighted by Crippen LogP contribution is 2.32. The average molecular weight is 432 g/mol. The Balaban J connectivity index is 1.41. The number of nitrogens with one attached hydrogen (secondary N) is 1. The molecule has 2 amide bonds. The minimum atomic E-state index is -4.36. The number of alkyl halides is 3. The van der Waals surface area contributed by atoms with Crippen molar-refractivity contribution in [3.8, 4) is 0 Å². The first-order valence-electron chi connectivity index (χ1n) is 9.86. The fourth-order valence-corrected chi connectivity index (χ4v) is 4.20. The zero-order valence-corrected chi connectivity index (χ0v) is 16.8. The lowest BCUT2D eigenvalue weighted by molar-refractivity contribution is -0.183. The van der Waals surface area contributed by atoms with Gasteiger partial charge in [-0.25, -0.2) is 0 Å². The van der Waals surface area contributed by atoms with Crippen LogP contribution in [0, 0.1) is 5.92 Å².